The topological polar surface area (TPSA) is 80.2 Å². The molecule has 0 unspecified atom stereocenters. The zero-order valence-corrected chi connectivity index (χ0v) is 18.9. The van der Waals surface area contributed by atoms with Crippen molar-refractivity contribution in [3.8, 4) is 11.5 Å². The summed E-state index contributed by atoms with van der Waals surface area (Å²) in [6.45, 7) is 1.76. The van der Waals surface area contributed by atoms with E-state index in [1.807, 2.05) is 60.7 Å². The predicted molar refractivity (Wildman–Crippen MR) is 129 cm³/mol. The van der Waals surface area contributed by atoms with Crippen molar-refractivity contribution in [3.05, 3.63) is 84.4 Å². The SMILES string of the molecule is COc1ccc(OC)c(/C(C)=N\NC(=O)CCC(=O)N(c2ccccc2)c2ccccc2)c1. The van der Waals surface area contributed by atoms with Crippen LogP contribution in [-0.2, 0) is 9.59 Å². The van der Waals surface area contributed by atoms with Crippen LogP contribution in [0.2, 0.25) is 0 Å². The van der Waals surface area contributed by atoms with Crippen molar-refractivity contribution in [3.63, 3.8) is 0 Å². The number of hydrogen-bond donors (Lipinski definition) is 1. The van der Waals surface area contributed by atoms with E-state index in [0.29, 0.717) is 22.8 Å². The smallest absolute Gasteiger partial charge is 0.240 e. The molecular formula is C26H27N3O4. The maximum Gasteiger partial charge on any atom is 0.240 e. The molecule has 0 aliphatic rings. The van der Waals surface area contributed by atoms with Crippen LogP contribution in [0.15, 0.2) is 84.0 Å². The van der Waals surface area contributed by atoms with Crippen molar-refractivity contribution in [1.29, 1.82) is 0 Å². The number of carbonyl (C=O) groups is 2. The largest absolute Gasteiger partial charge is 0.497 e. The van der Waals surface area contributed by atoms with Crippen LogP contribution in [0.1, 0.15) is 25.3 Å². The van der Waals surface area contributed by atoms with Crippen LogP contribution in [0.5, 0.6) is 11.5 Å². The highest BCUT2D eigenvalue weighted by Gasteiger charge is 2.19. The number of nitrogens with zero attached hydrogens (tertiary/aromatic N) is 2. The van der Waals surface area contributed by atoms with Crippen LogP contribution < -0.4 is 19.8 Å². The van der Waals surface area contributed by atoms with Gasteiger partial charge < -0.3 is 9.47 Å². The zero-order valence-electron chi connectivity index (χ0n) is 18.9. The molecule has 0 radical (unpaired) electrons. The van der Waals surface area contributed by atoms with E-state index in [1.165, 1.54) is 0 Å². The summed E-state index contributed by atoms with van der Waals surface area (Å²) in [5, 5.41) is 4.17. The highest BCUT2D eigenvalue weighted by molar-refractivity contribution is 6.03. The molecule has 0 fully saturated rings. The average Bonchev–Trinajstić information content (AvgIpc) is 2.87. The second kappa shape index (κ2) is 11.5. The highest BCUT2D eigenvalue weighted by atomic mass is 16.5. The van der Waals surface area contributed by atoms with Crippen LogP contribution in [0.3, 0.4) is 0 Å². The minimum atomic E-state index is -0.356. The molecule has 3 rings (SSSR count). The summed E-state index contributed by atoms with van der Waals surface area (Å²) in [5.41, 5.74) is 5.27. The molecule has 7 nitrogen and oxygen atoms in total. The predicted octanol–water partition coefficient (Wildman–Crippen LogP) is 4.69. The van der Waals surface area contributed by atoms with Crippen LogP contribution in [0.25, 0.3) is 0 Å². The summed E-state index contributed by atoms with van der Waals surface area (Å²) in [7, 11) is 3.14. The highest BCUT2D eigenvalue weighted by Crippen LogP contribution is 2.26. The first-order valence-electron chi connectivity index (χ1n) is 10.5. The first-order valence-corrected chi connectivity index (χ1v) is 10.5. The Morgan fingerprint density at radius 1 is 0.848 bits per heavy atom. The molecule has 7 heteroatoms. The molecule has 1 N–H and O–H groups in total. The van der Waals surface area contributed by atoms with Gasteiger partial charge in [-0.1, -0.05) is 36.4 Å². The van der Waals surface area contributed by atoms with E-state index in [4.69, 9.17) is 9.47 Å². The lowest BCUT2D eigenvalue weighted by Gasteiger charge is -2.23. The van der Waals surface area contributed by atoms with Crippen LogP contribution in [0, 0.1) is 0 Å². The fourth-order valence-electron chi connectivity index (χ4n) is 3.28. The van der Waals surface area contributed by atoms with Gasteiger partial charge in [0.15, 0.2) is 0 Å². The van der Waals surface area contributed by atoms with Crippen molar-refractivity contribution in [2.24, 2.45) is 5.10 Å². The molecule has 170 valence electrons. The quantitative estimate of drug-likeness (QED) is 0.383. The van der Waals surface area contributed by atoms with Gasteiger partial charge in [0.2, 0.25) is 11.8 Å². The molecule has 0 bridgehead atoms. The van der Waals surface area contributed by atoms with E-state index in [9.17, 15) is 9.59 Å². The number of amides is 2. The third-order valence-electron chi connectivity index (χ3n) is 4.99. The number of hydrogen-bond acceptors (Lipinski definition) is 5. The Morgan fingerprint density at radius 2 is 1.45 bits per heavy atom. The molecular weight excluding hydrogens is 418 g/mol. The van der Waals surface area contributed by atoms with Gasteiger partial charge in [-0.2, -0.15) is 5.10 Å². The molecule has 0 saturated heterocycles. The first-order chi connectivity index (χ1) is 16.0. The monoisotopic (exact) mass is 445 g/mol. The molecule has 3 aromatic rings. The number of rotatable bonds is 9. The van der Waals surface area contributed by atoms with E-state index < -0.39 is 0 Å². The Hall–Kier alpha value is -4.13. The van der Waals surface area contributed by atoms with E-state index in [0.717, 1.165) is 11.4 Å². The van der Waals surface area contributed by atoms with E-state index >= 15 is 0 Å². The third kappa shape index (κ3) is 6.20. The van der Waals surface area contributed by atoms with Crippen LogP contribution in [-0.4, -0.2) is 31.7 Å². The second-order valence-electron chi connectivity index (χ2n) is 7.20. The van der Waals surface area contributed by atoms with E-state index in [1.54, 1.807) is 44.2 Å². The fraction of sp³-hybridized carbons (Fsp3) is 0.192. The maximum atomic E-state index is 13.0. The molecule has 0 spiro atoms. The second-order valence-corrected chi connectivity index (χ2v) is 7.20. The Kier molecular flexibility index (Phi) is 8.18. The lowest BCUT2D eigenvalue weighted by Crippen LogP contribution is -2.28. The molecule has 0 atom stereocenters. The number of carbonyl (C=O) groups excluding carboxylic acids is 2. The summed E-state index contributed by atoms with van der Waals surface area (Å²) >= 11 is 0. The number of benzene rings is 3. The van der Waals surface area contributed by atoms with Crippen molar-refractivity contribution in [1.82, 2.24) is 5.43 Å². The van der Waals surface area contributed by atoms with Gasteiger partial charge in [0.05, 0.1) is 19.9 Å². The summed E-state index contributed by atoms with van der Waals surface area (Å²) in [6, 6.07) is 24.0. The molecule has 0 aromatic heterocycles. The van der Waals surface area contributed by atoms with Crippen molar-refractivity contribution >= 4 is 28.9 Å². The van der Waals surface area contributed by atoms with Gasteiger partial charge in [0.25, 0.3) is 0 Å². The number of nitrogens with one attached hydrogen (secondary N) is 1. The standard InChI is InChI=1S/C26H27N3O4/c1-19(23-18-22(32-2)14-15-24(23)33-3)27-28-25(30)16-17-26(31)29(20-10-6-4-7-11-20)21-12-8-5-9-13-21/h4-15,18H,16-17H2,1-3H3,(H,28,30)/b27-19-. The van der Waals surface area contributed by atoms with Crippen LogP contribution >= 0.6 is 0 Å². The van der Waals surface area contributed by atoms with Gasteiger partial charge in [-0.3, -0.25) is 14.5 Å². The number of ether oxygens (including phenoxy) is 2. The third-order valence-corrected chi connectivity index (χ3v) is 4.99. The molecule has 2 amide bonds. The Balaban J connectivity index is 1.66. The number of hydrazone groups is 1. The zero-order chi connectivity index (χ0) is 23.6. The van der Waals surface area contributed by atoms with Gasteiger partial charge in [-0.25, -0.2) is 5.43 Å². The molecule has 0 aliphatic carbocycles. The molecule has 3 aromatic carbocycles. The minimum absolute atomic E-state index is 0.00102. The summed E-state index contributed by atoms with van der Waals surface area (Å²) in [5.74, 6) is 0.727. The van der Waals surface area contributed by atoms with Gasteiger partial charge in [0, 0.05) is 29.8 Å². The molecule has 0 saturated carbocycles. The lowest BCUT2D eigenvalue weighted by molar-refractivity contribution is -0.124. The molecule has 0 heterocycles. The maximum absolute atomic E-state index is 13.0. The number of para-hydroxylation sites is 2. The number of methoxy groups -OCH3 is 2. The van der Waals surface area contributed by atoms with Gasteiger partial charge >= 0.3 is 0 Å². The van der Waals surface area contributed by atoms with E-state index in [2.05, 4.69) is 10.5 Å². The van der Waals surface area contributed by atoms with Crippen molar-refractivity contribution < 1.29 is 19.1 Å². The fourth-order valence-corrected chi connectivity index (χ4v) is 3.28. The van der Waals surface area contributed by atoms with Gasteiger partial charge in [0.1, 0.15) is 11.5 Å². The Morgan fingerprint density at radius 3 is 2.00 bits per heavy atom. The summed E-state index contributed by atoms with van der Waals surface area (Å²) in [4.78, 5) is 27.1. The van der Waals surface area contributed by atoms with Gasteiger partial charge in [-0.05, 0) is 49.4 Å². The van der Waals surface area contributed by atoms with Crippen molar-refractivity contribution in [2.75, 3.05) is 19.1 Å². The Labute approximate surface area is 193 Å². The number of anilines is 2. The molecule has 33 heavy (non-hydrogen) atoms. The minimum Gasteiger partial charge on any atom is -0.497 e. The average molecular weight is 446 g/mol. The van der Waals surface area contributed by atoms with Gasteiger partial charge in [-0.15, -0.1) is 0 Å². The van der Waals surface area contributed by atoms with E-state index in [-0.39, 0.29) is 24.7 Å². The van der Waals surface area contributed by atoms with Crippen molar-refractivity contribution in [2.45, 2.75) is 19.8 Å². The van der Waals surface area contributed by atoms with Crippen LogP contribution in [0.4, 0.5) is 11.4 Å². The first kappa shape index (κ1) is 23.5. The summed E-state index contributed by atoms with van der Waals surface area (Å²) < 4.78 is 10.6. The lowest BCUT2D eigenvalue weighted by atomic mass is 10.1. The summed E-state index contributed by atoms with van der Waals surface area (Å²) in [6.07, 6.45) is 0.0354. The Bertz CT molecular complexity index is 1080. The molecule has 0 aliphatic heterocycles. The normalized spacial score (nSPS) is 10.9.